The van der Waals surface area contributed by atoms with E-state index in [9.17, 15) is 14.0 Å². The van der Waals surface area contributed by atoms with Gasteiger partial charge in [-0.2, -0.15) is 0 Å². The third-order valence-corrected chi connectivity index (χ3v) is 3.40. The third-order valence-electron chi connectivity index (χ3n) is 3.40. The lowest BCUT2D eigenvalue weighted by Gasteiger charge is -2.26. The van der Waals surface area contributed by atoms with Gasteiger partial charge in [0.05, 0.1) is 6.54 Å². The summed E-state index contributed by atoms with van der Waals surface area (Å²) in [6.45, 7) is 4.15. The number of aliphatic carboxylic acids is 1. The number of rotatable bonds is 7. The first-order chi connectivity index (χ1) is 9.85. The Kier molecular flexibility index (Phi) is 6.30. The maximum atomic E-state index is 13.2. The van der Waals surface area contributed by atoms with Crippen LogP contribution in [-0.4, -0.2) is 53.0 Å². The van der Waals surface area contributed by atoms with Crippen molar-refractivity contribution in [2.24, 2.45) is 0 Å². The van der Waals surface area contributed by atoms with Gasteiger partial charge >= 0.3 is 5.97 Å². The van der Waals surface area contributed by atoms with Crippen LogP contribution >= 0.6 is 0 Å². The van der Waals surface area contributed by atoms with Crippen LogP contribution in [0.25, 0.3) is 0 Å². The van der Waals surface area contributed by atoms with Gasteiger partial charge in [-0.15, -0.1) is 0 Å². The minimum absolute atomic E-state index is 0.0105. The third kappa shape index (κ3) is 5.15. The van der Waals surface area contributed by atoms with E-state index < -0.39 is 12.0 Å². The molecular formula is C15H21FN2O3. The molecule has 0 fully saturated rings. The lowest BCUT2D eigenvalue weighted by atomic mass is 10.2. The van der Waals surface area contributed by atoms with Crippen LogP contribution in [0.2, 0.25) is 0 Å². The number of carboxylic acids is 1. The standard InChI is InChI=1S/C15H21FN2O3/c1-4-18(9-12-6-5-7-13(16)8-12)14(19)10-17(3)11(2)15(20)21/h5-8,11H,4,9-10H2,1-3H3,(H,20,21). The molecule has 0 bridgehead atoms. The second-order valence-electron chi connectivity index (χ2n) is 4.97. The number of benzene rings is 1. The highest BCUT2D eigenvalue weighted by molar-refractivity contribution is 5.79. The predicted octanol–water partition coefficient (Wildman–Crippen LogP) is 1.58. The van der Waals surface area contributed by atoms with Crippen LogP contribution in [0.4, 0.5) is 4.39 Å². The summed E-state index contributed by atoms with van der Waals surface area (Å²) < 4.78 is 13.2. The average molecular weight is 296 g/mol. The van der Waals surface area contributed by atoms with Gasteiger partial charge in [0.1, 0.15) is 11.9 Å². The summed E-state index contributed by atoms with van der Waals surface area (Å²) in [6, 6.07) is 5.36. The average Bonchev–Trinajstić information content (AvgIpc) is 2.43. The Morgan fingerprint density at radius 1 is 1.38 bits per heavy atom. The Morgan fingerprint density at radius 3 is 2.57 bits per heavy atom. The molecule has 0 aliphatic rings. The summed E-state index contributed by atoms with van der Waals surface area (Å²) in [4.78, 5) is 26.1. The lowest BCUT2D eigenvalue weighted by molar-refractivity contribution is -0.143. The summed E-state index contributed by atoms with van der Waals surface area (Å²) in [7, 11) is 1.59. The van der Waals surface area contributed by atoms with E-state index in [1.165, 1.54) is 24.0 Å². The number of halogens is 1. The maximum Gasteiger partial charge on any atom is 0.320 e. The molecule has 0 spiro atoms. The van der Waals surface area contributed by atoms with Gasteiger partial charge in [0.25, 0.3) is 0 Å². The first kappa shape index (κ1) is 17.1. The number of carboxylic acid groups (broad SMARTS) is 1. The first-order valence-electron chi connectivity index (χ1n) is 6.80. The molecule has 1 rings (SSSR count). The molecule has 6 heteroatoms. The van der Waals surface area contributed by atoms with Gasteiger partial charge < -0.3 is 10.0 Å². The Hall–Kier alpha value is -1.95. The molecule has 116 valence electrons. The molecular weight excluding hydrogens is 275 g/mol. The largest absolute Gasteiger partial charge is 0.480 e. The fourth-order valence-electron chi connectivity index (χ4n) is 1.87. The molecule has 1 aromatic rings. The molecule has 0 radical (unpaired) electrons. The second-order valence-corrected chi connectivity index (χ2v) is 4.97. The van der Waals surface area contributed by atoms with E-state index in [-0.39, 0.29) is 18.3 Å². The summed E-state index contributed by atoms with van der Waals surface area (Å²) >= 11 is 0. The van der Waals surface area contributed by atoms with Crippen molar-refractivity contribution in [3.05, 3.63) is 35.6 Å². The summed E-state index contributed by atoms with van der Waals surface area (Å²) in [5.74, 6) is -1.50. The lowest BCUT2D eigenvalue weighted by Crippen LogP contribution is -2.44. The van der Waals surface area contributed by atoms with Crippen LogP contribution < -0.4 is 0 Å². The van der Waals surface area contributed by atoms with Gasteiger partial charge in [-0.1, -0.05) is 12.1 Å². The molecule has 1 unspecified atom stereocenters. The topological polar surface area (TPSA) is 60.9 Å². The molecule has 0 saturated carbocycles. The smallest absolute Gasteiger partial charge is 0.320 e. The van der Waals surface area contributed by atoms with Crippen molar-refractivity contribution in [2.45, 2.75) is 26.4 Å². The molecule has 0 aliphatic carbocycles. The second kappa shape index (κ2) is 7.73. The number of hydrogen-bond donors (Lipinski definition) is 1. The van der Waals surface area contributed by atoms with Crippen LogP contribution in [0.3, 0.4) is 0 Å². The van der Waals surface area contributed by atoms with Crippen LogP contribution in [-0.2, 0) is 16.1 Å². The number of carbonyl (C=O) groups excluding carboxylic acids is 1. The van der Waals surface area contributed by atoms with Crippen LogP contribution in [0, 0.1) is 5.82 Å². The van der Waals surface area contributed by atoms with Crippen molar-refractivity contribution in [1.82, 2.24) is 9.80 Å². The Morgan fingerprint density at radius 2 is 2.05 bits per heavy atom. The van der Waals surface area contributed by atoms with Crippen LogP contribution in [0.5, 0.6) is 0 Å². The van der Waals surface area contributed by atoms with Gasteiger partial charge in [-0.05, 0) is 38.6 Å². The van der Waals surface area contributed by atoms with E-state index in [2.05, 4.69) is 0 Å². The summed E-state index contributed by atoms with van der Waals surface area (Å²) in [6.07, 6.45) is 0. The van der Waals surface area contributed by atoms with Crippen molar-refractivity contribution >= 4 is 11.9 Å². The summed E-state index contributed by atoms with van der Waals surface area (Å²) in [5, 5.41) is 8.92. The number of carbonyl (C=O) groups is 2. The molecule has 1 N–H and O–H groups in total. The molecule has 1 atom stereocenters. The zero-order chi connectivity index (χ0) is 16.0. The number of nitrogens with zero attached hydrogens (tertiary/aromatic N) is 2. The molecule has 21 heavy (non-hydrogen) atoms. The van der Waals surface area contributed by atoms with Crippen molar-refractivity contribution in [3.63, 3.8) is 0 Å². The van der Waals surface area contributed by atoms with E-state index >= 15 is 0 Å². The fraction of sp³-hybridized carbons (Fsp3) is 0.467. The molecule has 0 saturated heterocycles. The van der Waals surface area contributed by atoms with E-state index in [0.717, 1.165) is 0 Å². The summed E-state index contributed by atoms with van der Waals surface area (Å²) in [5.41, 5.74) is 0.708. The van der Waals surface area contributed by atoms with Crippen LogP contribution in [0.1, 0.15) is 19.4 Å². The molecule has 0 aromatic heterocycles. The van der Waals surface area contributed by atoms with Gasteiger partial charge in [0, 0.05) is 13.1 Å². The zero-order valence-electron chi connectivity index (χ0n) is 12.5. The van der Waals surface area contributed by atoms with Gasteiger partial charge in [-0.3, -0.25) is 14.5 Å². The van der Waals surface area contributed by atoms with E-state index in [0.29, 0.717) is 18.7 Å². The van der Waals surface area contributed by atoms with E-state index in [1.54, 1.807) is 24.1 Å². The van der Waals surface area contributed by atoms with Gasteiger partial charge in [0.2, 0.25) is 5.91 Å². The van der Waals surface area contributed by atoms with E-state index in [4.69, 9.17) is 5.11 Å². The Bertz CT molecular complexity index is 507. The Balaban J connectivity index is 2.67. The number of amides is 1. The number of hydrogen-bond acceptors (Lipinski definition) is 3. The predicted molar refractivity (Wildman–Crippen MR) is 77.2 cm³/mol. The zero-order valence-corrected chi connectivity index (χ0v) is 12.5. The van der Waals surface area contributed by atoms with Gasteiger partial charge in [-0.25, -0.2) is 4.39 Å². The van der Waals surface area contributed by atoms with Crippen molar-refractivity contribution in [3.8, 4) is 0 Å². The SMILES string of the molecule is CCN(Cc1cccc(F)c1)C(=O)CN(C)C(C)C(=O)O. The highest BCUT2D eigenvalue weighted by Gasteiger charge is 2.21. The first-order valence-corrected chi connectivity index (χ1v) is 6.80. The monoisotopic (exact) mass is 296 g/mol. The quantitative estimate of drug-likeness (QED) is 0.830. The minimum atomic E-state index is -0.974. The highest BCUT2D eigenvalue weighted by atomic mass is 19.1. The highest BCUT2D eigenvalue weighted by Crippen LogP contribution is 2.08. The normalized spacial score (nSPS) is 12.2. The van der Waals surface area contributed by atoms with Crippen molar-refractivity contribution in [2.75, 3.05) is 20.1 Å². The van der Waals surface area contributed by atoms with Crippen LogP contribution in [0.15, 0.2) is 24.3 Å². The maximum absolute atomic E-state index is 13.2. The molecule has 1 amide bonds. The number of likely N-dealkylation sites (N-methyl/N-ethyl adjacent to an activating group) is 2. The molecule has 1 aromatic carbocycles. The molecule has 5 nitrogen and oxygen atoms in total. The molecule has 0 aliphatic heterocycles. The van der Waals surface area contributed by atoms with Crippen molar-refractivity contribution in [1.29, 1.82) is 0 Å². The Labute approximate surface area is 124 Å². The molecule has 0 heterocycles. The van der Waals surface area contributed by atoms with Gasteiger partial charge in [0.15, 0.2) is 0 Å². The fourth-order valence-corrected chi connectivity index (χ4v) is 1.87. The van der Waals surface area contributed by atoms with Crippen molar-refractivity contribution < 1.29 is 19.1 Å². The van der Waals surface area contributed by atoms with E-state index in [1.807, 2.05) is 6.92 Å². The minimum Gasteiger partial charge on any atom is -0.480 e.